The third-order valence-corrected chi connectivity index (χ3v) is 4.36. The smallest absolute Gasteiger partial charge is 0.253 e. The highest BCUT2D eigenvalue weighted by molar-refractivity contribution is 9.10. The van der Waals surface area contributed by atoms with Crippen molar-refractivity contribution >= 4 is 44.3 Å². The maximum atomic E-state index is 12.5. The fourth-order valence-electron chi connectivity index (χ4n) is 2.65. The van der Waals surface area contributed by atoms with E-state index < -0.39 is 6.43 Å². The van der Waals surface area contributed by atoms with Crippen molar-refractivity contribution in [3.05, 3.63) is 39.5 Å². The molecule has 0 unspecified atom stereocenters. The lowest BCUT2D eigenvalue weighted by Gasteiger charge is -2.05. The summed E-state index contributed by atoms with van der Waals surface area (Å²) in [6.45, 7) is 0.0804. The quantitative estimate of drug-likeness (QED) is 0.626. The first-order valence-electron chi connectivity index (χ1n) is 7.45. The topological polar surface area (TPSA) is 62.7 Å². The van der Waals surface area contributed by atoms with Crippen LogP contribution in [0.5, 0.6) is 0 Å². The molecule has 3 rings (SSSR count). The second-order valence-corrected chi connectivity index (χ2v) is 6.68. The van der Waals surface area contributed by atoms with Crippen LogP contribution >= 0.6 is 27.5 Å². The Balaban J connectivity index is 2.10. The molecule has 132 valence electrons. The van der Waals surface area contributed by atoms with Gasteiger partial charge < -0.3 is 10.3 Å². The third-order valence-electron chi connectivity index (χ3n) is 3.75. The van der Waals surface area contributed by atoms with Gasteiger partial charge in [0, 0.05) is 36.5 Å². The van der Waals surface area contributed by atoms with Gasteiger partial charge in [0.25, 0.3) is 5.91 Å². The van der Waals surface area contributed by atoms with Crippen LogP contribution in [-0.2, 0) is 6.54 Å². The number of halogens is 4. The SMILES string of the molecule is CNC(=O)c1cc(Cl)cc2cc(-c3cc(Br)nn3CCC(F)F)[nH]c12. The van der Waals surface area contributed by atoms with E-state index in [1.54, 1.807) is 18.2 Å². The zero-order chi connectivity index (χ0) is 18.1. The number of nitrogens with zero attached hydrogens (tertiary/aromatic N) is 2. The lowest BCUT2D eigenvalue weighted by atomic mass is 10.1. The summed E-state index contributed by atoms with van der Waals surface area (Å²) in [7, 11) is 1.54. The highest BCUT2D eigenvalue weighted by Crippen LogP contribution is 2.30. The maximum absolute atomic E-state index is 12.5. The molecule has 0 aliphatic rings. The molecule has 1 aromatic carbocycles. The minimum atomic E-state index is -2.41. The predicted molar refractivity (Wildman–Crippen MR) is 96.2 cm³/mol. The van der Waals surface area contributed by atoms with Gasteiger partial charge in [0.1, 0.15) is 4.60 Å². The van der Waals surface area contributed by atoms with Gasteiger partial charge >= 0.3 is 0 Å². The number of aryl methyl sites for hydroxylation is 1. The molecule has 2 N–H and O–H groups in total. The average molecular weight is 432 g/mol. The Hall–Kier alpha value is -1.93. The molecule has 0 atom stereocenters. The van der Waals surface area contributed by atoms with E-state index in [0.29, 0.717) is 32.1 Å². The number of H-pyrrole nitrogens is 1. The second-order valence-electron chi connectivity index (χ2n) is 5.43. The number of rotatable bonds is 5. The van der Waals surface area contributed by atoms with Crippen molar-refractivity contribution in [1.29, 1.82) is 0 Å². The van der Waals surface area contributed by atoms with E-state index >= 15 is 0 Å². The van der Waals surface area contributed by atoms with Crippen molar-refractivity contribution in [2.45, 2.75) is 19.4 Å². The van der Waals surface area contributed by atoms with E-state index in [0.717, 1.165) is 5.39 Å². The molecule has 0 fully saturated rings. The molecule has 0 saturated heterocycles. The Morgan fingerprint density at radius 3 is 2.84 bits per heavy atom. The number of nitrogens with one attached hydrogen (secondary N) is 2. The van der Waals surface area contributed by atoms with Gasteiger partial charge in [-0.2, -0.15) is 5.10 Å². The monoisotopic (exact) mass is 430 g/mol. The molecule has 1 amide bonds. The summed E-state index contributed by atoms with van der Waals surface area (Å²) in [5, 5.41) is 7.95. The van der Waals surface area contributed by atoms with Crippen LogP contribution in [-0.4, -0.2) is 34.1 Å². The molecule has 2 aromatic heterocycles. The van der Waals surface area contributed by atoms with Crippen LogP contribution < -0.4 is 5.32 Å². The van der Waals surface area contributed by atoms with Gasteiger partial charge in [-0.15, -0.1) is 0 Å². The van der Waals surface area contributed by atoms with Crippen LogP contribution in [0.15, 0.2) is 28.9 Å². The van der Waals surface area contributed by atoms with Gasteiger partial charge in [-0.25, -0.2) is 8.78 Å². The Bertz CT molecular complexity index is 938. The lowest BCUT2D eigenvalue weighted by molar-refractivity contribution is 0.0964. The fourth-order valence-corrected chi connectivity index (χ4v) is 3.29. The van der Waals surface area contributed by atoms with Crippen LogP contribution in [0.3, 0.4) is 0 Å². The van der Waals surface area contributed by atoms with Crippen molar-refractivity contribution in [3.8, 4) is 11.4 Å². The minimum absolute atomic E-state index is 0.0804. The molecule has 0 radical (unpaired) electrons. The summed E-state index contributed by atoms with van der Waals surface area (Å²) in [6.07, 6.45) is -2.70. The van der Waals surface area contributed by atoms with Crippen molar-refractivity contribution < 1.29 is 13.6 Å². The van der Waals surface area contributed by atoms with Gasteiger partial charge in [-0.05, 0) is 34.1 Å². The highest BCUT2D eigenvalue weighted by Gasteiger charge is 2.17. The molecule has 3 aromatic rings. The number of carbonyl (C=O) groups is 1. The molecule has 0 aliphatic heterocycles. The molecule has 0 bridgehead atoms. The number of aromatic nitrogens is 3. The number of hydrogen-bond acceptors (Lipinski definition) is 2. The zero-order valence-corrected chi connectivity index (χ0v) is 15.5. The normalized spacial score (nSPS) is 11.4. The van der Waals surface area contributed by atoms with E-state index in [4.69, 9.17) is 11.6 Å². The summed E-state index contributed by atoms with van der Waals surface area (Å²) < 4.78 is 27.1. The Labute approximate surface area is 155 Å². The van der Waals surface area contributed by atoms with Crippen LogP contribution in [0.25, 0.3) is 22.3 Å². The van der Waals surface area contributed by atoms with E-state index in [-0.39, 0.29) is 18.9 Å². The summed E-state index contributed by atoms with van der Waals surface area (Å²) in [4.78, 5) is 15.3. The van der Waals surface area contributed by atoms with Gasteiger partial charge in [0.15, 0.2) is 0 Å². The number of benzene rings is 1. The third kappa shape index (κ3) is 3.69. The summed E-state index contributed by atoms with van der Waals surface area (Å²) in [5.74, 6) is -0.270. The van der Waals surface area contributed by atoms with Crippen molar-refractivity contribution in [2.24, 2.45) is 0 Å². The molecule has 2 heterocycles. The van der Waals surface area contributed by atoms with Crippen molar-refractivity contribution in [3.63, 3.8) is 0 Å². The first-order chi connectivity index (χ1) is 11.9. The van der Waals surface area contributed by atoms with Gasteiger partial charge in [-0.3, -0.25) is 9.48 Å². The Kier molecular flexibility index (Phi) is 5.10. The Morgan fingerprint density at radius 1 is 1.40 bits per heavy atom. The molecular formula is C16H14BrClF2N4O. The minimum Gasteiger partial charge on any atom is -0.355 e. The first kappa shape index (κ1) is 17.9. The standard InChI is InChI=1S/C16H14BrClF2N4O/c1-21-16(25)10-6-9(18)4-8-5-11(22-15(8)10)12-7-13(17)23-24(12)3-2-14(19)20/h4-7,14,22H,2-3H2,1H3,(H,21,25). The molecule has 9 heteroatoms. The number of fused-ring (bicyclic) bond motifs is 1. The number of hydrogen-bond donors (Lipinski definition) is 2. The highest BCUT2D eigenvalue weighted by atomic mass is 79.9. The maximum Gasteiger partial charge on any atom is 0.253 e. The number of aromatic amines is 1. The fraction of sp³-hybridized carbons (Fsp3) is 0.250. The number of amides is 1. The van der Waals surface area contributed by atoms with Gasteiger partial charge in [-0.1, -0.05) is 11.6 Å². The molecular weight excluding hydrogens is 418 g/mol. The zero-order valence-electron chi connectivity index (χ0n) is 13.1. The van der Waals surface area contributed by atoms with Crippen LogP contribution in [0.1, 0.15) is 16.8 Å². The van der Waals surface area contributed by atoms with Crippen LogP contribution in [0, 0.1) is 0 Å². The molecule has 5 nitrogen and oxygen atoms in total. The predicted octanol–water partition coefficient (Wildman–Crippen LogP) is 4.46. The van der Waals surface area contributed by atoms with E-state index in [9.17, 15) is 13.6 Å². The van der Waals surface area contributed by atoms with Crippen molar-refractivity contribution in [1.82, 2.24) is 20.1 Å². The number of carbonyl (C=O) groups excluding carboxylic acids is 1. The van der Waals surface area contributed by atoms with Gasteiger partial charge in [0.2, 0.25) is 6.43 Å². The molecule has 0 spiro atoms. The Morgan fingerprint density at radius 2 is 2.16 bits per heavy atom. The van der Waals surface area contributed by atoms with E-state index in [1.165, 1.54) is 11.7 Å². The summed E-state index contributed by atoms with van der Waals surface area (Å²) >= 11 is 9.37. The van der Waals surface area contributed by atoms with Crippen molar-refractivity contribution in [2.75, 3.05) is 7.05 Å². The van der Waals surface area contributed by atoms with Crippen LogP contribution in [0.2, 0.25) is 5.02 Å². The van der Waals surface area contributed by atoms with E-state index in [1.807, 2.05) is 6.07 Å². The molecule has 25 heavy (non-hydrogen) atoms. The summed E-state index contributed by atoms with van der Waals surface area (Å²) in [6, 6.07) is 6.86. The second kappa shape index (κ2) is 7.13. The first-order valence-corrected chi connectivity index (χ1v) is 8.62. The van der Waals surface area contributed by atoms with Gasteiger partial charge in [0.05, 0.1) is 22.5 Å². The molecule has 0 saturated carbocycles. The average Bonchev–Trinajstić information content (AvgIpc) is 3.14. The van der Waals surface area contributed by atoms with E-state index in [2.05, 4.69) is 31.3 Å². The largest absolute Gasteiger partial charge is 0.355 e. The number of alkyl halides is 2. The summed E-state index contributed by atoms with van der Waals surface area (Å²) in [5.41, 5.74) is 2.34. The van der Waals surface area contributed by atoms with Crippen LogP contribution in [0.4, 0.5) is 8.78 Å². The molecule has 0 aliphatic carbocycles. The lowest BCUT2D eigenvalue weighted by Crippen LogP contribution is -2.18.